The number of piperazine rings is 1. The number of benzene rings is 2. The van der Waals surface area contributed by atoms with Crippen LogP contribution in [0.4, 0.5) is 13.6 Å². The molecule has 1 aliphatic carbocycles. The van der Waals surface area contributed by atoms with Crippen molar-refractivity contribution in [2.75, 3.05) is 32.7 Å². The molecule has 3 aliphatic rings. The molecule has 0 bridgehead atoms. The monoisotopic (exact) mass is 538 g/mol. The number of carbonyl (C=O) groups is 3. The molecule has 7 nitrogen and oxygen atoms in total. The Morgan fingerprint density at radius 1 is 0.923 bits per heavy atom. The molecule has 2 aromatic carbocycles. The maximum absolute atomic E-state index is 13.6. The standard InChI is InChI=1S/C30H36F2N4O3/c1-20-16-29(2,3)19-30(17-20)27(38)36(28(39)33-30)18-25(37)34-12-14-35(15-13-34)26(21-4-8-23(31)9-5-21)22-6-10-24(32)11-7-22/h4-11,20,26H,12-19H2,1-3H3,(H,33,39)/t20-,30+/m1/s1. The molecule has 208 valence electrons. The van der Waals surface area contributed by atoms with E-state index in [0.29, 0.717) is 39.0 Å². The molecule has 5 rings (SSSR count). The molecule has 1 spiro atoms. The van der Waals surface area contributed by atoms with Crippen molar-refractivity contribution >= 4 is 17.8 Å². The summed E-state index contributed by atoms with van der Waals surface area (Å²) in [6, 6.07) is 11.8. The molecule has 0 unspecified atom stereocenters. The highest BCUT2D eigenvalue weighted by molar-refractivity contribution is 6.09. The van der Waals surface area contributed by atoms with Crippen LogP contribution in [0, 0.1) is 23.0 Å². The summed E-state index contributed by atoms with van der Waals surface area (Å²) in [5.41, 5.74) is 0.728. The van der Waals surface area contributed by atoms with Crippen molar-refractivity contribution in [2.24, 2.45) is 11.3 Å². The van der Waals surface area contributed by atoms with E-state index in [4.69, 9.17) is 0 Å². The van der Waals surface area contributed by atoms with Crippen LogP contribution in [0.5, 0.6) is 0 Å². The summed E-state index contributed by atoms with van der Waals surface area (Å²) in [6.07, 6.45) is 2.13. The van der Waals surface area contributed by atoms with Crippen molar-refractivity contribution in [1.82, 2.24) is 20.0 Å². The van der Waals surface area contributed by atoms with Gasteiger partial charge in [-0.25, -0.2) is 13.6 Å². The zero-order chi connectivity index (χ0) is 27.9. The first-order valence-electron chi connectivity index (χ1n) is 13.6. The molecule has 2 atom stereocenters. The summed E-state index contributed by atoms with van der Waals surface area (Å²) < 4.78 is 27.2. The molecule has 1 saturated carbocycles. The highest BCUT2D eigenvalue weighted by Gasteiger charge is 2.56. The van der Waals surface area contributed by atoms with Crippen LogP contribution < -0.4 is 5.32 Å². The molecular weight excluding hydrogens is 502 g/mol. The fourth-order valence-electron chi connectivity index (χ4n) is 7.02. The Labute approximate surface area is 228 Å². The number of halogens is 2. The van der Waals surface area contributed by atoms with Gasteiger partial charge in [0.1, 0.15) is 23.7 Å². The average molecular weight is 539 g/mol. The van der Waals surface area contributed by atoms with Gasteiger partial charge in [-0.1, -0.05) is 45.0 Å². The Balaban J connectivity index is 1.26. The van der Waals surface area contributed by atoms with Gasteiger partial charge in [-0.05, 0) is 66.0 Å². The molecule has 4 amide bonds. The van der Waals surface area contributed by atoms with E-state index in [2.05, 4.69) is 31.0 Å². The topological polar surface area (TPSA) is 73.0 Å². The zero-order valence-electron chi connectivity index (χ0n) is 22.8. The number of urea groups is 1. The summed E-state index contributed by atoms with van der Waals surface area (Å²) in [5.74, 6) is -0.941. The molecular formula is C30H36F2N4O3. The molecule has 3 fully saturated rings. The SMILES string of the molecule is C[C@@H]1CC(C)(C)C[C@]2(C1)NC(=O)N(CC(=O)N1CCN(C(c3ccc(F)cc3)c3ccc(F)cc3)CC1)C2=O. The Kier molecular flexibility index (Phi) is 7.22. The minimum Gasteiger partial charge on any atom is -0.339 e. The Morgan fingerprint density at radius 3 is 1.97 bits per heavy atom. The number of amides is 4. The minimum absolute atomic E-state index is 0.0808. The molecule has 2 aliphatic heterocycles. The molecule has 0 aromatic heterocycles. The Hall–Kier alpha value is -3.33. The van der Waals surface area contributed by atoms with Crippen LogP contribution in [0.3, 0.4) is 0 Å². The number of nitrogens with zero attached hydrogens (tertiary/aromatic N) is 3. The quantitative estimate of drug-likeness (QED) is 0.575. The largest absolute Gasteiger partial charge is 0.339 e. The van der Waals surface area contributed by atoms with Crippen molar-refractivity contribution in [2.45, 2.75) is 51.6 Å². The van der Waals surface area contributed by atoms with Gasteiger partial charge in [-0.2, -0.15) is 0 Å². The van der Waals surface area contributed by atoms with Crippen LogP contribution in [-0.2, 0) is 9.59 Å². The Morgan fingerprint density at radius 2 is 1.46 bits per heavy atom. The lowest BCUT2D eigenvalue weighted by Gasteiger charge is -2.44. The predicted molar refractivity (Wildman–Crippen MR) is 143 cm³/mol. The molecule has 39 heavy (non-hydrogen) atoms. The maximum atomic E-state index is 13.6. The minimum atomic E-state index is -0.936. The second kappa shape index (κ2) is 10.3. The third kappa shape index (κ3) is 5.55. The number of imide groups is 1. The van der Waals surface area contributed by atoms with Crippen LogP contribution in [-0.4, -0.2) is 70.8 Å². The van der Waals surface area contributed by atoms with Gasteiger partial charge in [0, 0.05) is 26.2 Å². The van der Waals surface area contributed by atoms with E-state index < -0.39 is 11.6 Å². The van der Waals surface area contributed by atoms with Crippen molar-refractivity contribution < 1.29 is 23.2 Å². The fourth-order valence-corrected chi connectivity index (χ4v) is 7.02. The van der Waals surface area contributed by atoms with Gasteiger partial charge in [-0.3, -0.25) is 19.4 Å². The first-order chi connectivity index (χ1) is 18.5. The van der Waals surface area contributed by atoms with Crippen molar-refractivity contribution in [1.29, 1.82) is 0 Å². The number of nitrogens with one attached hydrogen (secondary N) is 1. The predicted octanol–water partition coefficient (Wildman–Crippen LogP) is 4.34. The van der Waals surface area contributed by atoms with E-state index in [1.54, 1.807) is 29.2 Å². The number of hydrogen-bond acceptors (Lipinski definition) is 4. The highest BCUT2D eigenvalue weighted by atomic mass is 19.1. The van der Waals surface area contributed by atoms with Crippen molar-refractivity contribution in [3.63, 3.8) is 0 Å². The van der Waals surface area contributed by atoms with E-state index in [-0.39, 0.29) is 47.4 Å². The van der Waals surface area contributed by atoms with Gasteiger partial charge in [-0.15, -0.1) is 0 Å². The van der Waals surface area contributed by atoms with Gasteiger partial charge in [0.2, 0.25) is 5.91 Å². The summed E-state index contributed by atoms with van der Waals surface area (Å²) in [4.78, 5) is 44.5. The van der Waals surface area contributed by atoms with Crippen molar-refractivity contribution in [3.8, 4) is 0 Å². The van der Waals surface area contributed by atoms with Crippen LogP contribution in [0.15, 0.2) is 48.5 Å². The second-order valence-corrected chi connectivity index (χ2v) is 12.2. The van der Waals surface area contributed by atoms with E-state index in [0.717, 1.165) is 22.4 Å². The lowest BCUT2D eigenvalue weighted by atomic mass is 9.64. The third-order valence-corrected chi connectivity index (χ3v) is 8.32. The Bertz CT molecular complexity index is 1200. The number of hydrogen-bond donors (Lipinski definition) is 1. The number of carbonyl (C=O) groups excluding carboxylic acids is 3. The molecule has 9 heteroatoms. The van der Waals surface area contributed by atoms with Gasteiger partial charge < -0.3 is 10.2 Å². The summed E-state index contributed by atoms with van der Waals surface area (Å²) >= 11 is 0. The molecule has 2 aromatic rings. The van der Waals surface area contributed by atoms with Gasteiger partial charge in [0.25, 0.3) is 5.91 Å². The molecule has 2 heterocycles. The van der Waals surface area contributed by atoms with Crippen molar-refractivity contribution in [3.05, 3.63) is 71.3 Å². The summed E-state index contributed by atoms with van der Waals surface area (Å²) in [7, 11) is 0. The van der Waals surface area contributed by atoms with Gasteiger partial charge in [0.05, 0.1) is 6.04 Å². The van der Waals surface area contributed by atoms with Crippen LogP contribution in [0.2, 0.25) is 0 Å². The zero-order valence-corrected chi connectivity index (χ0v) is 22.8. The molecule has 2 saturated heterocycles. The third-order valence-electron chi connectivity index (χ3n) is 8.32. The molecule has 1 N–H and O–H groups in total. The lowest BCUT2D eigenvalue weighted by molar-refractivity contribution is -0.141. The van der Waals surface area contributed by atoms with Gasteiger partial charge in [0.15, 0.2) is 0 Å². The van der Waals surface area contributed by atoms with Crippen LogP contribution in [0.25, 0.3) is 0 Å². The van der Waals surface area contributed by atoms with E-state index >= 15 is 0 Å². The maximum Gasteiger partial charge on any atom is 0.325 e. The lowest BCUT2D eigenvalue weighted by Crippen LogP contribution is -2.55. The average Bonchev–Trinajstić information content (AvgIpc) is 3.08. The van der Waals surface area contributed by atoms with E-state index in [1.807, 2.05) is 0 Å². The number of rotatable bonds is 5. The summed E-state index contributed by atoms with van der Waals surface area (Å²) in [6.45, 7) is 7.93. The first-order valence-corrected chi connectivity index (χ1v) is 13.6. The second-order valence-electron chi connectivity index (χ2n) is 12.2. The van der Waals surface area contributed by atoms with Crippen LogP contribution in [0.1, 0.15) is 57.2 Å². The van der Waals surface area contributed by atoms with Crippen LogP contribution >= 0.6 is 0 Å². The first kappa shape index (κ1) is 27.2. The normalized spacial score (nSPS) is 25.4. The molecule has 0 radical (unpaired) electrons. The smallest absolute Gasteiger partial charge is 0.325 e. The fraction of sp³-hybridized carbons (Fsp3) is 0.500. The highest BCUT2D eigenvalue weighted by Crippen LogP contribution is 2.46. The summed E-state index contributed by atoms with van der Waals surface area (Å²) in [5, 5.41) is 2.93. The van der Waals surface area contributed by atoms with E-state index in [9.17, 15) is 23.2 Å². The van der Waals surface area contributed by atoms with Gasteiger partial charge >= 0.3 is 6.03 Å². The van der Waals surface area contributed by atoms with E-state index in [1.165, 1.54) is 24.3 Å².